The Labute approximate surface area is 117 Å². The van der Waals surface area contributed by atoms with Crippen molar-refractivity contribution in [3.05, 3.63) is 0 Å². The van der Waals surface area contributed by atoms with Gasteiger partial charge >= 0.3 is 0 Å². The van der Waals surface area contributed by atoms with Crippen LogP contribution in [0.5, 0.6) is 0 Å². The fourth-order valence-corrected chi connectivity index (χ4v) is 2.63. The van der Waals surface area contributed by atoms with Gasteiger partial charge in [-0.25, -0.2) is 0 Å². The molecule has 0 bridgehead atoms. The van der Waals surface area contributed by atoms with Crippen molar-refractivity contribution in [1.82, 2.24) is 10.2 Å². The second-order valence-corrected chi connectivity index (χ2v) is 7.04. The highest BCUT2D eigenvalue weighted by molar-refractivity contribution is 4.86. The molecule has 2 aliphatic heterocycles. The third-order valence-corrected chi connectivity index (χ3v) is 3.88. The first-order valence-electron chi connectivity index (χ1n) is 7.63. The molecule has 2 heterocycles. The van der Waals surface area contributed by atoms with Crippen LogP contribution in [-0.2, 0) is 9.47 Å². The average molecular weight is 270 g/mol. The Hall–Kier alpha value is -0.160. The molecule has 0 radical (unpaired) electrons. The maximum Gasteiger partial charge on any atom is 0.0753 e. The Balaban J connectivity index is 1.56. The van der Waals surface area contributed by atoms with Gasteiger partial charge in [-0.2, -0.15) is 0 Å². The van der Waals surface area contributed by atoms with E-state index in [0.717, 1.165) is 51.9 Å². The molecule has 1 N–H and O–H groups in total. The molecule has 0 unspecified atom stereocenters. The minimum absolute atomic E-state index is 0.0283. The molecule has 112 valence electrons. The molecule has 0 aromatic rings. The zero-order chi connectivity index (χ0) is 13.9. The lowest BCUT2D eigenvalue weighted by atomic mass is 9.97. The summed E-state index contributed by atoms with van der Waals surface area (Å²) >= 11 is 0. The van der Waals surface area contributed by atoms with E-state index in [1.807, 2.05) is 0 Å². The highest BCUT2D eigenvalue weighted by Crippen LogP contribution is 2.22. The van der Waals surface area contributed by atoms with Gasteiger partial charge in [0.15, 0.2) is 0 Å². The molecular weight excluding hydrogens is 240 g/mol. The van der Waals surface area contributed by atoms with Crippen molar-refractivity contribution >= 4 is 0 Å². The van der Waals surface area contributed by atoms with E-state index in [9.17, 15) is 0 Å². The summed E-state index contributed by atoms with van der Waals surface area (Å²) in [5.41, 5.74) is -0.0283. The van der Waals surface area contributed by atoms with Crippen molar-refractivity contribution in [2.45, 2.75) is 39.4 Å². The van der Waals surface area contributed by atoms with Crippen LogP contribution < -0.4 is 5.32 Å². The van der Waals surface area contributed by atoms with Gasteiger partial charge in [0.2, 0.25) is 0 Å². The normalized spacial score (nSPS) is 22.6. The number of rotatable bonds is 8. The third kappa shape index (κ3) is 5.03. The van der Waals surface area contributed by atoms with Crippen LogP contribution in [0.15, 0.2) is 0 Å². The zero-order valence-corrected chi connectivity index (χ0v) is 12.9. The summed E-state index contributed by atoms with van der Waals surface area (Å²) in [6, 6.07) is 0. The lowest BCUT2D eigenvalue weighted by molar-refractivity contribution is -0.0875. The van der Waals surface area contributed by atoms with Gasteiger partial charge in [0, 0.05) is 44.6 Å². The van der Waals surface area contributed by atoms with Gasteiger partial charge in [0.05, 0.1) is 24.9 Å². The van der Waals surface area contributed by atoms with Gasteiger partial charge in [-0.3, -0.25) is 4.90 Å². The molecule has 0 aromatic carbocycles. The van der Waals surface area contributed by atoms with Crippen LogP contribution in [0.4, 0.5) is 0 Å². The van der Waals surface area contributed by atoms with E-state index in [0.29, 0.717) is 12.0 Å². The molecular formula is C15H30N2O2. The standard InChI is InChI=1S/C15H30N2O2/c1-12(2)18-9-14-7-17(8-14)11-15(3,4)19-10-13-5-16-6-13/h12-14,16H,5-11H2,1-4H3. The SMILES string of the molecule is CC(C)OCC1CN(CC(C)(C)OCC2CNC2)C1. The molecule has 0 atom stereocenters. The number of hydrogen-bond donors (Lipinski definition) is 1. The maximum absolute atomic E-state index is 6.06. The molecule has 2 rings (SSSR count). The predicted molar refractivity (Wildman–Crippen MR) is 77.4 cm³/mol. The largest absolute Gasteiger partial charge is 0.378 e. The fourth-order valence-electron chi connectivity index (χ4n) is 2.63. The molecule has 0 spiro atoms. The van der Waals surface area contributed by atoms with E-state index in [2.05, 4.69) is 37.9 Å². The van der Waals surface area contributed by atoms with Gasteiger partial charge < -0.3 is 14.8 Å². The van der Waals surface area contributed by atoms with E-state index in [1.54, 1.807) is 0 Å². The topological polar surface area (TPSA) is 33.7 Å². The highest BCUT2D eigenvalue weighted by atomic mass is 16.5. The zero-order valence-electron chi connectivity index (χ0n) is 12.9. The Bertz CT molecular complexity index is 271. The fraction of sp³-hybridized carbons (Fsp3) is 1.00. The second-order valence-electron chi connectivity index (χ2n) is 7.04. The van der Waals surface area contributed by atoms with Crippen molar-refractivity contribution in [3.8, 4) is 0 Å². The van der Waals surface area contributed by atoms with Crippen molar-refractivity contribution in [1.29, 1.82) is 0 Å². The number of nitrogens with one attached hydrogen (secondary N) is 1. The third-order valence-electron chi connectivity index (χ3n) is 3.88. The minimum Gasteiger partial charge on any atom is -0.378 e. The quantitative estimate of drug-likeness (QED) is 0.722. The molecule has 4 heteroatoms. The van der Waals surface area contributed by atoms with Crippen molar-refractivity contribution in [2.75, 3.05) is 45.9 Å². The van der Waals surface area contributed by atoms with Crippen LogP contribution >= 0.6 is 0 Å². The number of nitrogens with zero attached hydrogens (tertiary/aromatic N) is 1. The van der Waals surface area contributed by atoms with E-state index in [-0.39, 0.29) is 5.60 Å². The lowest BCUT2D eigenvalue weighted by Gasteiger charge is -2.44. The summed E-state index contributed by atoms with van der Waals surface area (Å²) in [6.45, 7) is 16.0. The first-order valence-corrected chi connectivity index (χ1v) is 7.63. The van der Waals surface area contributed by atoms with Gasteiger partial charge in [-0.05, 0) is 27.7 Å². The van der Waals surface area contributed by atoms with Crippen LogP contribution in [0.25, 0.3) is 0 Å². The van der Waals surface area contributed by atoms with Gasteiger partial charge in [0.1, 0.15) is 0 Å². The molecule has 4 nitrogen and oxygen atoms in total. The lowest BCUT2D eigenvalue weighted by Crippen LogP contribution is -2.55. The van der Waals surface area contributed by atoms with Crippen LogP contribution in [0, 0.1) is 11.8 Å². The summed E-state index contributed by atoms with van der Waals surface area (Å²) in [7, 11) is 0. The second kappa shape index (κ2) is 6.53. The Morgan fingerprint density at radius 2 is 1.84 bits per heavy atom. The summed E-state index contributed by atoms with van der Waals surface area (Å²) < 4.78 is 11.7. The molecule has 0 aliphatic carbocycles. The summed E-state index contributed by atoms with van der Waals surface area (Å²) in [6.07, 6.45) is 0.352. The van der Waals surface area contributed by atoms with E-state index >= 15 is 0 Å². The first kappa shape index (κ1) is 15.2. The van der Waals surface area contributed by atoms with Crippen molar-refractivity contribution in [3.63, 3.8) is 0 Å². The molecule has 2 aliphatic rings. The van der Waals surface area contributed by atoms with Gasteiger partial charge in [-0.15, -0.1) is 0 Å². The van der Waals surface area contributed by atoms with Crippen LogP contribution in [0.2, 0.25) is 0 Å². The maximum atomic E-state index is 6.06. The number of ether oxygens (including phenoxy) is 2. The average Bonchev–Trinajstić information content (AvgIpc) is 2.18. The van der Waals surface area contributed by atoms with Crippen molar-refractivity contribution in [2.24, 2.45) is 11.8 Å². The van der Waals surface area contributed by atoms with Gasteiger partial charge in [0.25, 0.3) is 0 Å². The summed E-state index contributed by atoms with van der Waals surface area (Å²) in [5.74, 6) is 1.44. The van der Waals surface area contributed by atoms with Crippen LogP contribution in [-0.4, -0.2) is 62.5 Å². The monoisotopic (exact) mass is 270 g/mol. The van der Waals surface area contributed by atoms with E-state index in [4.69, 9.17) is 9.47 Å². The molecule has 2 saturated heterocycles. The number of hydrogen-bond acceptors (Lipinski definition) is 4. The summed E-state index contributed by atoms with van der Waals surface area (Å²) in [4.78, 5) is 2.48. The first-order chi connectivity index (χ1) is 8.94. The molecule has 0 saturated carbocycles. The van der Waals surface area contributed by atoms with E-state index < -0.39 is 0 Å². The minimum atomic E-state index is -0.0283. The Morgan fingerprint density at radius 1 is 1.16 bits per heavy atom. The van der Waals surface area contributed by atoms with E-state index in [1.165, 1.54) is 0 Å². The Morgan fingerprint density at radius 3 is 2.37 bits per heavy atom. The molecule has 2 fully saturated rings. The molecule has 0 aromatic heterocycles. The van der Waals surface area contributed by atoms with Crippen LogP contribution in [0.1, 0.15) is 27.7 Å². The highest BCUT2D eigenvalue weighted by Gasteiger charge is 2.32. The predicted octanol–water partition coefficient (Wildman–Crippen LogP) is 1.36. The van der Waals surface area contributed by atoms with Gasteiger partial charge in [-0.1, -0.05) is 0 Å². The smallest absolute Gasteiger partial charge is 0.0753 e. The Kier molecular flexibility index (Phi) is 5.23. The number of likely N-dealkylation sites (tertiary alicyclic amines) is 1. The molecule has 19 heavy (non-hydrogen) atoms. The van der Waals surface area contributed by atoms with Crippen molar-refractivity contribution < 1.29 is 9.47 Å². The summed E-state index contributed by atoms with van der Waals surface area (Å²) in [5, 5.41) is 3.29. The van der Waals surface area contributed by atoms with Crippen LogP contribution in [0.3, 0.4) is 0 Å². The molecule has 0 amide bonds.